The average molecular weight is 683 g/mol. The molecule has 1 fully saturated rings. The predicted molar refractivity (Wildman–Crippen MR) is 174 cm³/mol. The Morgan fingerprint density at radius 2 is 1.11 bits per heavy atom. The Kier molecular flexibility index (Phi) is 9.80. The summed E-state index contributed by atoms with van der Waals surface area (Å²) in [6, 6.07) is 26.9. The monoisotopic (exact) mass is 682 g/mol. The summed E-state index contributed by atoms with van der Waals surface area (Å²) in [5.41, 5.74) is 2.07. The number of aliphatic hydroxyl groups is 4. The third-order valence-electron chi connectivity index (χ3n) is 8.70. The molecular weight excluding hydrogens is 645 g/mol. The summed E-state index contributed by atoms with van der Waals surface area (Å²) in [6.45, 7) is 1.89. The molecule has 0 spiro atoms. The zero-order valence-electron chi connectivity index (χ0n) is 26.1. The number of sulfone groups is 2. The summed E-state index contributed by atoms with van der Waals surface area (Å²) in [5, 5.41) is 46.9. The van der Waals surface area contributed by atoms with Crippen molar-refractivity contribution in [2.24, 2.45) is 0 Å². The van der Waals surface area contributed by atoms with E-state index in [1.54, 1.807) is 72.8 Å². The van der Waals surface area contributed by atoms with E-state index in [0.717, 1.165) is 12.7 Å². The zero-order valence-corrected chi connectivity index (χ0v) is 27.8. The number of hydrogen-bond acceptors (Lipinski definition) is 10. The van der Waals surface area contributed by atoms with Gasteiger partial charge < -0.3 is 29.9 Å². The number of aliphatic hydroxyl groups excluding tert-OH is 2. The van der Waals surface area contributed by atoms with Gasteiger partial charge in [0.15, 0.2) is 0 Å². The lowest BCUT2D eigenvalue weighted by molar-refractivity contribution is -0.320. The van der Waals surface area contributed by atoms with Gasteiger partial charge in [0.1, 0.15) is 12.2 Å². The second-order valence-electron chi connectivity index (χ2n) is 11.7. The Morgan fingerprint density at radius 1 is 0.681 bits per heavy atom. The van der Waals surface area contributed by atoms with Gasteiger partial charge in [-0.1, -0.05) is 97.1 Å². The summed E-state index contributed by atoms with van der Waals surface area (Å²) >= 11 is 0. The third kappa shape index (κ3) is 5.62. The van der Waals surface area contributed by atoms with Crippen molar-refractivity contribution in [3.63, 3.8) is 0 Å². The Balaban J connectivity index is 1.80. The lowest BCUT2D eigenvalue weighted by atomic mass is 9.97. The Morgan fingerprint density at radius 3 is 1.51 bits per heavy atom. The van der Waals surface area contributed by atoms with Crippen LogP contribution in [0.1, 0.15) is 33.4 Å². The number of aryl methyl sites for hydroxylation is 2. The maximum Gasteiger partial charge on any atom is 0.268 e. The normalized spacial score (nSPS) is 25.0. The van der Waals surface area contributed by atoms with Crippen LogP contribution in [0.15, 0.2) is 107 Å². The summed E-state index contributed by atoms with van der Waals surface area (Å²) in [4.78, 5) is -8.73. The van der Waals surface area contributed by atoms with Crippen molar-refractivity contribution in [1.82, 2.24) is 0 Å². The molecule has 1 aliphatic heterocycles. The van der Waals surface area contributed by atoms with Gasteiger partial charge in [-0.2, -0.15) is 0 Å². The van der Waals surface area contributed by atoms with Crippen molar-refractivity contribution in [3.05, 3.63) is 130 Å². The van der Waals surface area contributed by atoms with Gasteiger partial charge >= 0.3 is 0 Å². The van der Waals surface area contributed by atoms with Gasteiger partial charge in [0.05, 0.1) is 16.4 Å². The molecule has 4 N–H and O–H groups in total. The number of rotatable bonds is 10. The van der Waals surface area contributed by atoms with Crippen LogP contribution in [0.2, 0.25) is 0 Å². The first kappa shape index (κ1) is 34.9. The molecule has 1 aliphatic rings. The van der Waals surface area contributed by atoms with Crippen LogP contribution in [0, 0.1) is 13.8 Å². The van der Waals surface area contributed by atoms with E-state index >= 15 is 8.42 Å². The first-order valence-corrected chi connectivity index (χ1v) is 17.9. The molecule has 1 heterocycles. The number of benzene rings is 4. The maximum absolute atomic E-state index is 15.0. The lowest BCUT2D eigenvalue weighted by Gasteiger charge is -2.52. The second-order valence-corrected chi connectivity index (χ2v) is 15.8. The van der Waals surface area contributed by atoms with Crippen LogP contribution in [-0.2, 0) is 42.0 Å². The molecule has 10 nitrogen and oxygen atoms in total. The van der Waals surface area contributed by atoms with Crippen LogP contribution in [0.4, 0.5) is 0 Å². The molecule has 47 heavy (non-hydrogen) atoms. The van der Waals surface area contributed by atoms with Gasteiger partial charge in [-0.15, -0.1) is 0 Å². The van der Waals surface area contributed by atoms with E-state index in [4.69, 9.17) is 9.47 Å². The minimum absolute atomic E-state index is 0.0566. The highest BCUT2D eigenvalue weighted by Crippen LogP contribution is 2.51. The van der Waals surface area contributed by atoms with Gasteiger partial charge in [0, 0.05) is 7.11 Å². The summed E-state index contributed by atoms with van der Waals surface area (Å²) in [7, 11) is -9.91. The number of hydrogen-bond donors (Lipinski definition) is 4. The van der Waals surface area contributed by atoms with E-state index in [1.807, 2.05) is 0 Å². The largest absolute Gasteiger partial charge is 0.394 e. The van der Waals surface area contributed by atoms with E-state index in [9.17, 15) is 28.8 Å². The molecule has 5 atom stereocenters. The molecule has 0 aliphatic carbocycles. The maximum atomic E-state index is 15.0. The fourth-order valence-electron chi connectivity index (χ4n) is 6.40. The average Bonchev–Trinajstić information content (AvgIpc) is 3.04. The van der Waals surface area contributed by atoms with Crippen molar-refractivity contribution < 1.29 is 46.7 Å². The fraction of sp³-hybridized carbons (Fsp3) is 0.314. The number of methoxy groups -OCH3 is 1. The minimum Gasteiger partial charge on any atom is -0.394 e. The first-order chi connectivity index (χ1) is 22.2. The highest BCUT2D eigenvalue weighted by molar-refractivity contribution is 7.97. The van der Waals surface area contributed by atoms with Crippen LogP contribution in [0.25, 0.3) is 0 Å². The molecule has 0 radical (unpaired) electrons. The summed E-state index contributed by atoms with van der Waals surface area (Å²) < 4.78 is 70.8. The smallest absolute Gasteiger partial charge is 0.268 e. The van der Waals surface area contributed by atoms with Crippen LogP contribution in [0.3, 0.4) is 0 Å². The molecule has 4 aromatic carbocycles. The van der Waals surface area contributed by atoms with Gasteiger partial charge in [-0.05, 0) is 60.1 Å². The topological polar surface area (TPSA) is 168 Å². The van der Waals surface area contributed by atoms with E-state index in [0.29, 0.717) is 5.56 Å². The van der Waals surface area contributed by atoms with Crippen LogP contribution in [0.5, 0.6) is 0 Å². The molecule has 4 aromatic rings. The lowest BCUT2D eigenvalue weighted by Crippen LogP contribution is -2.79. The van der Waals surface area contributed by atoms with Gasteiger partial charge in [-0.3, -0.25) is 0 Å². The van der Waals surface area contributed by atoms with Gasteiger partial charge in [0.25, 0.3) is 4.93 Å². The van der Waals surface area contributed by atoms with Crippen LogP contribution >= 0.6 is 0 Å². The summed E-state index contributed by atoms with van der Waals surface area (Å²) in [6.07, 6.45) is -6.77. The van der Waals surface area contributed by atoms with E-state index in [1.165, 1.54) is 38.1 Å². The van der Waals surface area contributed by atoms with Crippen molar-refractivity contribution in [2.75, 3.05) is 13.7 Å². The van der Waals surface area contributed by atoms with Gasteiger partial charge in [-0.25, -0.2) is 16.8 Å². The molecule has 0 unspecified atom stereocenters. The Hall–Kier alpha value is -3.46. The molecular formula is C35H38O10S2. The third-order valence-corrected chi connectivity index (χ3v) is 13.8. The quantitative estimate of drug-likeness (QED) is 0.195. The first-order valence-electron chi connectivity index (χ1n) is 14.9. The van der Waals surface area contributed by atoms with Crippen molar-refractivity contribution in [2.45, 2.75) is 64.8 Å². The highest BCUT2D eigenvalue weighted by atomic mass is 32.2. The van der Waals surface area contributed by atoms with E-state index in [-0.39, 0.29) is 35.1 Å². The Bertz CT molecular complexity index is 1950. The van der Waals surface area contributed by atoms with Crippen LogP contribution in [-0.4, -0.2) is 79.3 Å². The van der Waals surface area contributed by atoms with Crippen LogP contribution < -0.4 is 0 Å². The predicted octanol–water partition coefficient (Wildman–Crippen LogP) is 2.83. The van der Waals surface area contributed by atoms with Gasteiger partial charge in [0.2, 0.25) is 30.9 Å². The molecule has 250 valence electrons. The minimum atomic E-state index is -5.46. The Labute approximate surface area is 274 Å². The van der Waals surface area contributed by atoms with Crippen molar-refractivity contribution in [1.29, 1.82) is 0 Å². The summed E-state index contributed by atoms with van der Waals surface area (Å²) in [5.74, 6) is 0. The van der Waals surface area contributed by atoms with Crippen molar-refractivity contribution in [3.8, 4) is 0 Å². The number of ether oxygens (including phenoxy) is 2. The van der Waals surface area contributed by atoms with Crippen molar-refractivity contribution >= 4 is 19.7 Å². The molecule has 0 aromatic heterocycles. The SMILES string of the molecule is CO[C@H]1O[C@H](CO)[C@@H](O)[C@@](O)(S(=O)(=O)c2c(C)cccc2Cc2ccccc2)[C@]1(O)S(=O)(=O)c1c(C)cccc1Cc1ccccc1. The molecule has 0 bridgehead atoms. The van der Waals surface area contributed by atoms with E-state index in [2.05, 4.69) is 0 Å². The zero-order chi connectivity index (χ0) is 34.2. The molecule has 1 saturated heterocycles. The standard InChI is InChI=1S/C35H38O10S2/c1-23-12-10-18-27(20-25-14-6-4-7-15-25)30(23)46(40,41)34(38)32(37)29(22-36)45-33(44-3)35(34,39)47(42,43)31-24(2)13-11-19-28(31)21-26-16-8-5-9-17-26/h4-19,29,32-33,36-39H,20-22H2,1-3H3/t29-,32-,33+,34-,35-/m1/s1. The highest BCUT2D eigenvalue weighted by Gasteiger charge is 2.78. The van der Waals surface area contributed by atoms with E-state index < -0.39 is 64.4 Å². The molecule has 0 saturated carbocycles. The molecule has 12 heteroatoms. The molecule has 5 rings (SSSR count). The molecule has 0 amide bonds. The fourth-order valence-corrected chi connectivity index (χ4v) is 11.5. The second kappa shape index (κ2) is 13.2.